The number of benzene rings is 1. The van der Waals surface area contributed by atoms with Gasteiger partial charge in [0.2, 0.25) is 11.8 Å². The smallest absolute Gasteiger partial charge is 0.253 e. The van der Waals surface area contributed by atoms with Gasteiger partial charge in [0.15, 0.2) is 0 Å². The molecule has 2 amide bonds. The van der Waals surface area contributed by atoms with Gasteiger partial charge >= 0.3 is 0 Å². The van der Waals surface area contributed by atoms with Crippen LogP contribution in [0.15, 0.2) is 28.5 Å². The Kier molecular flexibility index (Phi) is 5.01. The number of nitrogens with one attached hydrogen (secondary N) is 2. The fraction of sp³-hybridized carbons (Fsp3) is 0.333. The second-order valence-corrected chi connectivity index (χ2v) is 9.24. The van der Waals surface area contributed by atoms with Crippen LogP contribution in [-0.2, 0) is 19.6 Å². The van der Waals surface area contributed by atoms with Crippen molar-refractivity contribution < 1.29 is 18.0 Å². The molecular formula is C15H16ClN3O4S2. The first-order chi connectivity index (χ1) is 11.8. The maximum absolute atomic E-state index is 12.9. The maximum Gasteiger partial charge on any atom is 0.253 e. The minimum absolute atomic E-state index is 0.102. The zero-order valence-electron chi connectivity index (χ0n) is 13.3. The normalized spacial score (nSPS) is 19.0. The first kappa shape index (κ1) is 18.1. The third-order valence-electron chi connectivity index (χ3n) is 3.76. The van der Waals surface area contributed by atoms with E-state index in [2.05, 4.69) is 10.6 Å². The Morgan fingerprint density at radius 1 is 1.44 bits per heavy atom. The predicted molar refractivity (Wildman–Crippen MR) is 96.2 cm³/mol. The van der Waals surface area contributed by atoms with Crippen molar-refractivity contribution in [2.75, 3.05) is 19.6 Å². The van der Waals surface area contributed by atoms with Crippen molar-refractivity contribution in [2.45, 2.75) is 17.2 Å². The number of halogens is 1. The van der Waals surface area contributed by atoms with Gasteiger partial charge < -0.3 is 10.6 Å². The van der Waals surface area contributed by atoms with Gasteiger partial charge in [0, 0.05) is 22.8 Å². The van der Waals surface area contributed by atoms with Crippen LogP contribution >= 0.6 is 22.9 Å². The highest BCUT2D eigenvalue weighted by atomic mass is 35.5. The van der Waals surface area contributed by atoms with Crippen molar-refractivity contribution in [3.63, 3.8) is 0 Å². The molecule has 0 aliphatic carbocycles. The Morgan fingerprint density at radius 3 is 2.92 bits per heavy atom. The molecule has 1 aromatic heterocycles. The third kappa shape index (κ3) is 3.64. The van der Waals surface area contributed by atoms with Crippen molar-refractivity contribution in [3.05, 3.63) is 29.3 Å². The third-order valence-corrected chi connectivity index (χ3v) is 7.36. The lowest BCUT2D eigenvalue weighted by molar-refractivity contribution is -0.131. The van der Waals surface area contributed by atoms with Crippen LogP contribution in [0.4, 0.5) is 0 Å². The highest BCUT2D eigenvalue weighted by Crippen LogP contribution is 2.33. The Morgan fingerprint density at radius 2 is 2.20 bits per heavy atom. The molecule has 0 spiro atoms. The van der Waals surface area contributed by atoms with Crippen LogP contribution < -0.4 is 10.6 Å². The number of carbonyl (C=O) groups is 2. The average Bonchev–Trinajstić information content (AvgIpc) is 2.98. The number of rotatable bonds is 4. The number of carbonyl (C=O) groups excluding carboxylic acids is 2. The van der Waals surface area contributed by atoms with Gasteiger partial charge in [0.25, 0.3) is 10.0 Å². The van der Waals surface area contributed by atoms with Gasteiger partial charge in [-0.2, -0.15) is 4.31 Å². The number of thiophene rings is 1. The molecule has 0 saturated carbocycles. The second kappa shape index (κ2) is 6.91. The van der Waals surface area contributed by atoms with Gasteiger partial charge in [0.1, 0.15) is 10.3 Å². The highest BCUT2D eigenvalue weighted by Gasteiger charge is 2.37. The molecule has 1 unspecified atom stereocenters. The van der Waals surface area contributed by atoms with Crippen molar-refractivity contribution in [2.24, 2.45) is 0 Å². The van der Waals surface area contributed by atoms with E-state index >= 15 is 0 Å². The van der Waals surface area contributed by atoms with Gasteiger partial charge in [-0.3, -0.25) is 9.59 Å². The van der Waals surface area contributed by atoms with E-state index in [0.29, 0.717) is 11.6 Å². The topological polar surface area (TPSA) is 95.6 Å². The number of nitrogens with zero attached hydrogens (tertiary/aromatic N) is 1. The van der Waals surface area contributed by atoms with Crippen LogP contribution in [0.1, 0.15) is 6.92 Å². The fourth-order valence-electron chi connectivity index (χ4n) is 2.58. The minimum Gasteiger partial charge on any atom is -0.355 e. The molecule has 1 aromatic carbocycles. The SMILES string of the molecule is CCNC(=O)C1CN(S(=O)(=O)c2cc3ccc(Cl)cc3s2)CC(=O)N1. The van der Waals surface area contributed by atoms with E-state index in [-0.39, 0.29) is 17.3 Å². The van der Waals surface area contributed by atoms with Gasteiger partial charge in [-0.1, -0.05) is 17.7 Å². The van der Waals surface area contributed by atoms with Crippen molar-refractivity contribution in [3.8, 4) is 0 Å². The fourth-order valence-corrected chi connectivity index (χ4v) is 5.82. The molecule has 1 aliphatic heterocycles. The summed E-state index contributed by atoms with van der Waals surface area (Å²) in [5.41, 5.74) is 0. The van der Waals surface area contributed by atoms with Crippen LogP contribution in [0.2, 0.25) is 5.02 Å². The number of piperazine rings is 1. The van der Waals surface area contributed by atoms with E-state index in [4.69, 9.17) is 11.6 Å². The molecule has 2 heterocycles. The van der Waals surface area contributed by atoms with E-state index in [0.717, 1.165) is 25.7 Å². The molecule has 134 valence electrons. The van der Waals surface area contributed by atoms with Crippen LogP contribution in [-0.4, -0.2) is 50.2 Å². The summed E-state index contributed by atoms with van der Waals surface area (Å²) in [4.78, 5) is 23.8. The monoisotopic (exact) mass is 401 g/mol. The van der Waals surface area contributed by atoms with E-state index < -0.39 is 27.9 Å². The summed E-state index contributed by atoms with van der Waals surface area (Å²) in [5.74, 6) is -0.908. The lowest BCUT2D eigenvalue weighted by Gasteiger charge is -2.31. The molecular weight excluding hydrogens is 386 g/mol. The maximum atomic E-state index is 12.9. The molecule has 1 aliphatic rings. The van der Waals surface area contributed by atoms with E-state index in [9.17, 15) is 18.0 Å². The van der Waals surface area contributed by atoms with Gasteiger partial charge in [-0.25, -0.2) is 8.42 Å². The molecule has 1 atom stereocenters. The van der Waals surface area contributed by atoms with Crippen LogP contribution in [0, 0.1) is 0 Å². The van der Waals surface area contributed by atoms with Crippen LogP contribution in [0.5, 0.6) is 0 Å². The first-order valence-corrected chi connectivity index (χ1v) is 10.2. The summed E-state index contributed by atoms with van der Waals surface area (Å²) in [7, 11) is -3.88. The quantitative estimate of drug-likeness (QED) is 0.804. The zero-order chi connectivity index (χ0) is 18.2. The largest absolute Gasteiger partial charge is 0.355 e. The van der Waals surface area contributed by atoms with Crippen LogP contribution in [0.25, 0.3) is 10.1 Å². The Bertz CT molecular complexity index is 941. The lowest BCUT2D eigenvalue weighted by atomic mass is 10.2. The number of sulfonamides is 1. The number of fused-ring (bicyclic) bond motifs is 1. The summed E-state index contributed by atoms with van der Waals surface area (Å²) in [6, 6.07) is 5.78. The number of amides is 2. The molecule has 0 bridgehead atoms. The highest BCUT2D eigenvalue weighted by molar-refractivity contribution is 7.91. The number of likely N-dealkylation sites (N-methyl/N-ethyl adjacent to an activating group) is 1. The van der Waals surface area contributed by atoms with Gasteiger partial charge in [-0.05, 0) is 30.5 Å². The Balaban J connectivity index is 1.91. The molecule has 2 N–H and O–H groups in total. The summed E-state index contributed by atoms with van der Waals surface area (Å²) in [6.07, 6.45) is 0. The second-order valence-electron chi connectivity index (χ2n) is 5.56. The Hall–Kier alpha value is -1.68. The summed E-state index contributed by atoms with van der Waals surface area (Å²) >= 11 is 7.03. The molecule has 1 fully saturated rings. The predicted octanol–water partition coefficient (Wildman–Crippen LogP) is 1.18. The van der Waals surface area contributed by atoms with E-state index in [1.165, 1.54) is 0 Å². The van der Waals surface area contributed by atoms with Gasteiger partial charge in [0.05, 0.1) is 6.54 Å². The number of hydrogen-bond acceptors (Lipinski definition) is 5. The molecule has 0 radical (unpaired) electrons. The first-order valence-electron chi connectivity index (χ1n) is 7.57. The van der Waals surface area contributed by atoms with E-state index in [1.54, 1.807) is 31.2 Å². The van der Waals surface area contributed by atoms with E-state index in [1.807, 2.05) is 0 Å². The summed E-state index contributed by atoms with van der Waals surface area (Å²) < 4.78 is 27.7. The minimum atomic E-state index is -3.88. The van der Waals surface area contributed by atoms with Crippen molar-refractivity contribution >= 4 is 54.9 Å². The number of hydrogen-bond donors (Lipinski definition) is 2. The molecule has 3 rings (SSSR count). The van der Waals surface area contributed by atoms with Crippen LogP contribution in [0.3, 0.4) is 0 Å². The molecule has 7 nitrogen and oxygen atoms in total. The van der Waals surface area contributed by atoms with Crippen molar-refractivity contribution in [1.29, 1.82) is 0 Å². The van der Waals surface area contributed by atoms with Crippen molar-refractivity contribution in [1.82, 2.24) is 14.9 Å². The summed E-state index contributed by atoms with van der Waals surface area (Å²) in [6.45, 7) is 1.73. The molecule has 2 aromatic rings. The Labute approximate surface area is 154 Å². The zero-order valence-corrected chi connectivity index (χ0v) is 15.7. The standard InChI is InChI=1S/C15H16ClN3O4S2/c1-2-17-15(21)11-7-19(8-13(20)18-11)25(22,23)14-5-9-3-4-10(16)6-12(9)24-14/h3-6,11H,2,7-8H2,1H3,(H,17,21)(H,18,20). The summed E-state index contributed by atoms with van der Waals surface area (Å²) in [5, 5.41) is 6.38. The molecule has 25 heavy (non-hydrogen) atoms. The molecule has 10 heteroatoms. The average molecular weight is 402 g/mol. The van der Waals surface area contributed by atoms with Gasteiger partial charge in [-0.15, -0.1) is 11.3 Å². The molecule has 1 saturated heterocycles. The lowest BCUT2D eigenvalue weighted by Crippen LogP contribution is -2.60.